The fourth-order valence-electron chi connectivity index (χ4n) is 2.12. The van der Waals surface area contributed by atoms with Crippen molar-refractivity contribution in [3.63, 3.8) is 0 Å². The van der Waals surface area contributed by atoms with Crippen molar-refractivity contribution in [3.8, 4) is 11.4 Å². The van der Waals surface area contributed by atoms with Gasteiger partial charge in [0.1, 0.15) is 0 Å². The molecule has 3 rings (SSSR count). The van der Waals surface area contributed by atoms with Crippen LogP contribution in [0.5, 0.6) is 0 Å². The van der Waals surface area contributed by atoms with E-state index in [1.54, 1.807) is 30.3 Å². The summed E-state index contributed by atoms with van der Waals surface area (Å²) in [7, 11) is 0. The van der Waals surface area contributed by atoms with Crippen LogP contribution in [0, 0.1) is 0 Å². The molecule has 3 aromatic rings. The molecule has 0 unspecified atom stereocenters. The molecule has 0 atom stereocenters. The summed E-state index contributed by atoms with van der Waals surface area (Å²) in [5, 5.41) is 7.78. The van der Waals surface area contributed by atoms with Crippen LogP contribution in [0.2, 0.25) is 10.0 Å². The lowest BCUT2D eigenvalue weighted by molar-refractivity contribution is -0.116. The van der Waals surface area contributed by atoms with Gasteiger partial charge in [-0.15, -0.1) is 0 Å². The summed E-state index contributed by atoms with van der Waals surface area (Å²) >= 11 is 12.0. The van der Waals surface area contributed by atoms with Crippen LogP contribution in [-0.2, 0) is 11.2 Å². The topological polar surface area (TPSA) is 68.0 Å². The van der Waals surface area contributed by atoms with E-state index in [0.29, 0.717) is 39.4 Å². The summed E-state index contributed by atoms with van der Waals surface area (Å²) in [4.78, 5) is 16.2. The normalized spacial score (nSPS) is 10.6. The summed E-state index contributed by atoms with van der Waals surface area (Å²) in [6.07, 6.45) is 0.556. The summed E-state index contributed by atoms with van der Waals surface area (Å²) < 4.78 is 5.17. The van der Waals surface area contributed by atoms with Gasteiger partial charge in [0, 0.05) is 29.1 Å². The molecule has 0 saturated heterocycles. The highest BCUT2D eigenvalue weighted by Gasteiger charge is 2.12. The molecule has 0 fully saturated rings. The molecule has 0 spiro atoms. The third-order valence-electron chi connectivity index (χ3n) is 3.26. The van der Waals surface area contributed by atoms with Gasteiger partial charge in [0.25, 0.3) is 0 Å². The number of nitrogens with one attached hydrogen (secondary N) is 1. The van der Waals surface area contributed by atoms with Crippen molar-refractivity contribution < 1.29 is 9.32 Å². The first-order chi connectivity index (χ1) is 11.6. The first-order valence-corrected chi connectivity index (χ1v) is 8.00. The fourth-order valence-corrected chi connectivity index (χ4v) is 2.53. The number of carbonyl (C=O) groups is 1. The van der Waals surface area contributed by atoms with Crippen molar-refractivity contribution >= 4 is 34.8 Å². The highest BCUT2D eigenvalue weighted by Crippen LogP contribution is 2.25. The molecule has 0 bridgehead atoms. The number of amides is 1. The van der Waals surface area contributed by atoms with E-state index >= 15 is 0 Å². The number of aromatic nitrogens is 2. The molecule has 0 aliphatic heterocycles. The molecular formula is C17H13Cl2N3O2. The molecule has 0 aliphatic carbocycles. The van der Waals surface area contributed by atoms with E-state index in [9.17, 15) is 4.79 Å². The lowest BCUT2D eigenvalue weighted by Gasteiger charge is -2.04. The van der Waals surface area contributed by atoms with Gasteiger partial charge in [-0.25, -0.2) is 0 Å². The van der Waals surface area contributed by atoms with Crippen LogP contribution in [0.4, 0.5) is 5.69 Å². The number of nitrogens with zero attached hydrogens (tertiary/aromatic N) is 2. The van der Waals surface area contributed by atoms with Crippen LogP contribution in [0.15, 0.2) is 53.1 Å². The standard InChI is InChI=1S/C17H13Cl2N3O2/c18-11-4-3-5-12(10-11)20-15(23)8-9-16-21-17(22-24-16)13-6-1-2-7-14(13)19/h1-7,10H,8-9H2,(H,20,23). The van der Waals surface area contributed by atoms with Crippen molar-refractivity contribution in [3.05, 3.63) is 64.5 Å². The summed E-state index contributed by atoms with van der Waals surface area (Å²) in [6.45, 7) is 0. The molecule has 0 saturated carbocycles. The van der Waals surface area contributed by atoms with Gasteiger partial charge in [-0.2, -0.15) is 4.98 Å². The average Bonchev–Trinajstić information content (AvgIpc) is 3.02. The van der Waals surface area contributed by atoms with E-state index in [2.05, 4.69) is 15.5 Å². The number of anilines is 1. The van der Waals surface area contributed by atoms with Gasteiger partial charge in [0.2, 0.25) is 17.6 Å². The van der Waals surface area contributed by atoms with E-state index in [1.165, 1.54) is 0 Å². The van der Waals surface area contributed by atoms with Gasteiger partial charge < -0.3 is 9.84 Å². The highest BCUT2D eigenvalue weighted by atomic mass is 35.5. The molecule has 1 amide bonds. The van der Waals surface area contributed by atoms with Crippen LogP contribution in [-0.4, -0.2) is 16.0 Å². The molecule has 0 aliphatic rings. The van der Waals surface area contributed by atoms with Gasteiger partial charge in [-0.05, 0) is 30.3 Å². The van der Waals surface area contributed by atoms with Crippen molar-refractivity contribution in [1.29, 1.82) is 0 Å². The number of halogens is 2. The predicted octanol–water partition coefficient (Wildman–Crippen LogP) is 4.61. The number of rotatable bonds is 5. The Kier molecular flexibility index (Phi) is 5.13. The lowest BCUT2D eigenvalue weighted by Crippen LogP contribution is -2.12. The zero-order chi connectivity index (χ0) is 16.9. The SMILES string of the molecule is O=C(CCc1nc(-c2ccccc2Cl)no1)Nc1cccc(Cl)c1. The van der Waals surface area contributed by atoms with Crippen LogP contribution >= 0.6 is 23.2 Å². The van der Waals surface area contributed by atoms with Gasteiger partial charge in [0.15, 0.2) is 0 Å². The highest BCUT2D eigenvalue weighted by molar-refractivity contribution is 6.33. The molecule has 1 heterocycles. The predicted molar refractivity (Wildman–Crippen MR) is 93.1 cm³/mol. The zero-order valence-corrected chi connectivity index (χ0v) is 14.0. The van der Waals surface area contributed by atoms with E-state index in [1.807, 2.05) is 18.2 Å². The van der Waals surface area contributed by atoms with Gasteiger partial charge in [0.05, 0.1) is 5.02 Å². The van der Waals surface area contributed by atoms with Crippen molar-refractivity contribution in [2.45, 2.75) is 12.8 Å². The monoisotopic (exact) mass is 361 g/mol. The van der Waals surface area contributed by atoms with Crippen LogP contribution in [0.1, 0.15) is 12.3 Å². The molecule has 122 valence electrons. The minimum Gasteiger partial charge on any atom is -0.339 e. The summed E-state index contributed by atoms with van der Waals surface area (Å²) in [5.74, 6) is 0.631. The van der Waals surface area contributed by atoms with Gasteiger partial charge in [-0.1, -0.05) is 46.6 Å². The molecule has 0 radical (unpaired) electrons. The number of hydrogen-bond donors (Lipinski definition) is 1. The molecule has 5 nitrogen and oxygen atoms in total. The van der Waals surface area contributed by atoms with Crippen molar-refractivity contribution in [2.75, 3.05) is 5.32 Å². The Morgan fingerprint density at radius 1 is 1.12 bits per heavy atom. The van der Waals surface area contributed by atoms with Crippen molar-refractivity contribution in [2.24, 2.45) is 0 Å². The molecule has 1 N–H and O–H groups in total. The maximum Gasteiger partial charge on any atom is 0.227 e. The van der Waals surface area contributed by atoms with E-state index in [4.69, 9.17) is 27.7 Å². The fraction of sp³-hybridized carbons (Fsp3) is 0.118. The first-order valence-electron chi connectivity index (χ1n) is 7.25. The Morgan fingerprint density at radius 2 is 1.96 bits per heavy atom. The van der Waals surface area contributed by atoms with Crippen molar-refractivity contribution in [1.82, 2.24) is 10.1 Å². The summed E-state index contributed by atoms with van der Waals surface area (Å²) in [6, 6.07) is 14.2. The van der Waals surface area contributed by atoms with E-state index in [0.717, 1.165) is 0 Å². The number of benzene rings is 2. The second-order valence-electron chi connectivity index (χ2n) is 5.05. The Bertz CT molecular complexity index is 864. The molecule has 2 aromatic carbocycles. The Hall–Kier alpha value is -2.37. The second-order valence-corrected chi connectivity index (χ2v) is 5.89. The van der Waals surface area contributed by atoms with Crippen LogP contribution in [0.3, 0.4) is 0 Å². The minimum absolute atomic E-state index is 0.158. The number of carbonyl (C=O) groups excluding carboxylic acids is 1. The second kappa shape index (κ2) is 7.47. The molecule has 1 aromatic heterocycles. The number of hydrogen-bond acceptors (Lipinski definition) is 4. The minimum atomic E-state index is -0.158. The molecular weight excluding hydrogens is 349 g/mol. The van der Waals surface area contributed by atoms with Gasteiger partial charge >= 0.3 is 0 Å². The van der Waals surface area contributed by atoms with E-state index < -0.39 is 0 Å². The van der Waals surface area contributed by atoms with Crippen LogP contribution < -0.4 is 5.32 Å². The maximum atomic E-state index is 12.0. The number of aryl methyl sites for hydroxylation is 1. The Morgan fingerprint density at radius 3 is 2.75 bits per heavy atom. The Labute approximate surface area is 148 Å². The maximum absolute atomic E-state index is 12.0. The van der Waals surface area contributed by atoms with E-state index in [-0.39, 0.29) is 12.3 Å². The average molecular weight is 362 g/mol. The lowest BCUT2D eigenvalue weighted by atomic mass is 10.2. The quantitative estimate of drug-likeness (QED) is 0.719. The third-order valence-corrected chi connectivity index (χ3v) is 3.82. The Balaban J connectivity index is 1.59. The molecule has 24 heavy (non-hydrogen) atoms. The summed E-state index contributed by atoms with van der Waals surface area (Å²) in [5.41, 5.74) is 1.34. The van der Waals surface area contributed by atoms with Gasteiger partial charge in [-0.3, -0.25) is 4.79 Å². The largest absolute Gasteiger partial charge is 0.339 e. The molecule has 7 heteroatoms. The van der Waals surface area contributed by atoms with Crippen LogP contribution in [0.25, 0.3) is 11.4 Å². The zero-order valence-electron chi connectivity index (χ0n) is 12.5. The first kappa shape index (κ1) is 16.5. The third kappa shape index (κ3) is 4.13. The smallest absolute Gasteiger partial charge is 0.227 e.